The molecule has 0 N–H and O–H groups in total. The molecular weight excluding hydrogens is 480 g/mol. The maximum absolute atomic E-state index is 13.2. The van der Waals surface area contributed by atoms with Crippen LogP contribution < -0.4 is 11.2 Å². The zero-order chi connectivity index (χ0) is 26.8. The van der Waals surface area contributed by atoms with Crippen LogP contribution >= 0.6 is 0 Å². The lowest BCUT2D eigenvalue weighted by Gasteiger charge is -2.07. The van der Waals surface area contributed by atoms with Crippen LogP contribution in [0.3, 0.4) is 0 Å². The molecule has 196 valence electrons. The van der Waals surface area contributed by atoms with Crippen molar-refractivity contribution in [2.45, 2.75) is 46.3 Å². The monoisotopic (exact) mass is 512 g/mol. The number of aryl methyl sites for hydroxylation is 6. The van der Waals surface area contributed by atoms with Gasteiger partial charge < -0.3 is 18.3 Å². The third-order valence-electron chi connectivity index (χ3n) is 6.95. The Balaban J connectivity index is 1.46. The minimum atomic E-state index is -0.307. The summed E-state index contributed by atoms with van der Waals surface area (Å²) in [5.41, 5.74) is 6.61. The number of hydrogen-bond acceptors (Lipinski definition) is 3. The molecule has 5 rings (SSSR count). The van der Waals surface area contributed by atoms with E-state index in [2.05, 4.69) is 30.3 Å². The molecule has 0 saturated carbocycles. The van der Waals surface area contributed by atoms with Crippen molar-refractivity contribution in [2.75, 3.05) is 0 Å². The second kappa shape index (κ2) is 10.5. The fourth-order valence-electron chi connectivity index (χ4n) is 5.17. The first-order chi connectivity index (χ1) is 18.4. The predicted octanol–water partition coefficient (Wildman–Crippen LogP) is 3.08. The fraction of sp³-hybridized carbons (Fsp3) is 0.321. The standard InChI is InChI=1S/C28H32N8O2/c1-5-36-25(18-20(2)31-36)26(38)30-28-33(4)22-13-7-9-15-24(22)35(28)17-11-10-16-34-23-14-8-6-12-21(23)32(3)27(34)29-19-37/h6-9,12-15,18-19H,5,10-11,16-17H2,1-4H3/b29-27+,30-28+. The van der Waals surface area contributed by atoms with Crippen LogP contribution in [0.1, 0.15) is 35.9 Å². The Bertz CT molecular complexity index is 1790. The largest absolute Gasteiger partial charge is 0.313 e. The molecule has 3 aromatic heterocycles. The minimum absolute atomic E-state index is 0.307. The molecule has 0 aliphatic rings. The van der Waals surface area contributed by atoms with Gasteiger partial charge in [-0.1, -0.05) is 24.3 Å². The molecule has 0 radical (unpaired) electrons. The Hall–Kier alpha value is -4.47. The lowest BCUT2D eigenvalue weighted by molar-refractivity contribution is -0.107. The van der Waals surface area contributed by atoms with Crippen molar-refractivity contribution in [3.05, 3.63) is 77.2 Å². The van der Waals surface area contributed by atoms with Crippen LogP contribution in [-0.2, 0) is 38.5 Å². The van der Waals surface area contributed by atoms with Crippen LogP contribution in [0.4, 0.5) is 0 Å². The summed E-state index contributed by atoms with van der Waals surface area (Å²) in [4.78, 5) is 33.1. The van der Waals surface area contributed by atoms with E-state index >= 15 is 0 Å². The van der Waals surface area contributed by atoms with Gasteiger partial charge in [-0.15, -0.1) is 0 Å². The van der Waals surface area contributed by atoms with Crippen LogP contribution in [0.2, 0.25) is 0 Å². The van der Waals surface area contributed by atoms with E-state index in [0.717, 1.165) is 40.6 Å². The highest BCUT2D eigenvalue weighted by Gasteiger charge is 2.16. The summed E-state index contributed by atoms with van der Waals surface area (Å²) in [6, 6.07) is 17.9. The third kappa shape index (κ3) is 4.42. The first-order valence-corrected chi connectivity index (χ1v) is 12.8. The topological polar surface area (TPSA) is 96.4 Å². The van der Waals surface area contributed by atoms with Gasteiger partial charge in [0.2, 0.25) is 17.6 Å². The molecule has 10 nitrogen and oxygen atoms in total. The Morgan fingerprint density at radius 3 is 1.95 bits per heavy atom. The summed E-state index contributed by atoms with van der Waals surface area (Å²) < 4.78 is 9.79. The van der Waals surface area contributed by atoms with Crippen LogP contribution in [0.15, 0.2) is 64.6 Å². The Kier molecular flexibility index (Phi) is 6.95. The van der Waals surface area contributed by atoms with Gasteiger partial charge in [0.1, 0.15) is 5.69 Å². The first-order valence-electron chi connectivity index (χ1n) is 12.8. The van der Waals surface area contributed by atoms with E-state index in [4.69, 9.17) is 0 Å². The smallest absolute Gasteiger partial charge is 0.298 e. The molecule has 38 heavy (non-hydrogen) atoms. The SMILES string of the molecule is CCn1nc(C)cc1C(=O)/N=c1\n(C)c2ccccc2n1CCCCn1/c(=N/C=O)n(C)c2ccccc21. The molecule has 2 aromatic carbocycles. The number of nitrogens with zero attached hydrogens (tertiary/aromatic N) is 8. The molecule has 0 aliphatic carbocycles. The number of amides is 2. The second-order valence-electron chi connectivity index (χ2n) is 9.34. The van der Waals surface area contributed by atoms with Gasteiger partial charge in [0.15, 0.2) is 0 Å². The summed E-state index contributed by atoms with van der Waals surface area (Å²) in [7, 11) is 3.86. The molecule has 5 aromatic rings. The molecule has 0 unspecified atom stereocenters. The average molecular weight is 513 g/mol. The molecule has 0 spiro atoms. The number of unbranched alkanes of at least 4 members (excludes halogenated alkanes) is 1. The molecule has 0 atom stereocenters. The van der Waals surface area contributed by atoms with E-state index in [9.17, 15) is 9.59 Å². The normalized spacial score (nSPS) is 12.7. The zero-order valence-electron chi connectivity index (χ0n) is 22.2. The third-order valence-corrected chi connectivity index (χ3v) is 6.95. The van der Waals surface area contributed by atoms with Crippen molar-refractivity contribution in [3.63, 3.8) is 0 Å². The number of carbonyl (C=O) groups is 2. The van der Waals surface area contributed by atoms with Gasteiger partial charge in [-0.2, -0.15) is 15.1 Å². The lowest BCUT2D eigenvalue weighted by atomic mass is 10.2. The van der Waals surface area contributed by atoms with Crippen molar-refractivity contribution in [1.82, 2.24) is 28.0 Å². The maximum atomic E-state index is 13.2. The quantitative estimate of drug-likeness (QED) is 0.236. The zero-order valence-corrected chi connectivity index (χ0v) is 22.2. The summed E-state index contributed by atoms with van der Waals surface area (Å²) in [6.45, 7) is 5.83. The van der Waals surface area contributed by atoms with Crippen molar-refractivity contribution < 1.29 is 9.59 Å². The van der Waals surface area contributed by atoms with Crippen LogP contribution in [0, 0.1) is 6.92 Å². The van der Waals surface area contributed by atoms with E-state index in [1.165, 1.54) is 0 Å². The van der Waals surface area contributed by atoms with Gasteiger partial charge in [0.25, 0.3) is 5.91 Å². The van der Waals surface area contributed by atoms with Crippen LogP contribution in [0.5, 0.6) is 0 Å². The number of imidazole rings is 2. The summed E-state index contributed by atoms with van der Waals surface area (Å²) in [5, 5.41) is 4.40. The number of para-hydroxylation sites is 4. The van der Waals surface area contributed by atoms with Crippen LogP contribution in [0.25, 0.3) is 22.1 Å². The molecule has 0 aliphatic heterocycles. The van der Waals surface area contributed by atoms with E-state index in [-0.39, 0.29) is 5.91 Å². The number of fused-ring (bicyclic) bond motifs is 2. The second-order valence-corrected chi connectivity index (χ2v) is 9.34. The van der Waals surface area contributed by atoms with Gasteiger partial charge in [0.05, 0.1) is 27.8 Å². The summed E-state index contributed by atoms with van der Waals surface area (Å²) in [5.74, 6) is -0.307. The van der Waals surface area contributed by atoms with Gasteiger partial charge in [-0.25, -0.2) is 0 Å². The fourth-order valence-corrected chi connectivity index (χ4v) is 5.17. The van der Waals surface area contributed by atoms with E-state index in [1.54, 1.807) is 10.7 Å². The Labute approximate surface area is 219 Å². The molecule has 0 saturated heterocycles. The molecular formula is C28H32N8O2. The number of hydrogen-bond donors (Lipinski definition) is 0. The molecule has 10 heteroatoms. The predicted molar refractivity (Wildman–Crippen MR) is 145 cm³/mol. The highest BCUT2D eigenvalue weighted by molar-refractivity contribution is 5.93. The number of rotatable bonds is 8. The molecule has 2 amide bonds. The number of benzene rings is 2. The molecule has 0 bridgehead atoms. The Morgan fingerprint density at radius 1 is 0.868 bits per heavy atom. The highest BCUT2D eigenvalue weighted by Crippen LogP contribution is 2.15. The van der Waals surface area contributed by atoms with Gasteiger partial charge in [0, 0.05) is 33.7 Å². The van der Waals surface area contributed by atoms with Crippen molar-refractivity contribution >= 4 is 34.4 Å². The lowest BCUT2D eigenvalue weighted by Crippen LogP contribution is -2.27. The number of aromatic nitrogens is 6. The summed E-state index contributed by atoms with van der Waals surface area (Å²) >= 11 is 0. The van der Waals surface area contributed by atoms with Gasteiger partial charge in [-0.3, -0.25) is 14.3 Å². The Morgan fingerprint density at radius 2 is 1.39 bits per heavy atom. The van der Waals surface area contributed by atoms with Gasteiger partial charge >= 0.3 is 0 Å². The summed E-state index contributed by atoms with van der Waals surface area (Å²) in [6.07, 6.45) is 2.29. The maximum Gasteiger partial charge on any atom is 0.298 e. The molecule has 0 fully saturated rings. The number of carbonyl (C=O) groups excluding carboxylic acids is 2. The van der Waals surface area contributed by atoms with Gasteiger partial charge in [-0.05, 0) is 57.0 Å². The van der Waals surface area contributed by atoms with E-state index < -0.39 is 0 Å². The first kappa shape index (κ1) is 25.2. The van der Waals surface area contributed by atoms with Crippen molar-refractivity contribution in [1.29, 1.82) is 0 Å². The molecule has 3 heterocycles. The average Bonchev–Trinajstić information content (AvgIpc) is 3.53. The highest BCUT2D eigenvalue weighted by atomic mass is 16.1. The minimum Gasteiger partial charge on any atom is -0.313 e. The van der Waals surface area contributed by atoms with E-state index in [0.29, 0.717) is 43.0 Å². The van der Waals surface area contributed by atoms with E-state index in [1.807, 2.05) is 79.5 Å². The van der Waals surface area contributed by atoms with Crippen molar-refractivity contribution in [2.24, 2.45) is 24.1 Å². The van der Waals surface area contributed by atoms with Crippen LogP contribution in [-0.4, -0.2) is 40.4 Å². The van der Waals surface area contributed by atoms with Crippen molar-refractivity contribution in [3.8, 4) is 0 Å².